The van der Waals surface area contributed by atoms with E-state index in [1.807, 2.05) is 6.07 Å². The number of fused-ring (bicyclic) bond motifs is 32. The fourth-order valence-electron chi connectivity index (χ4n) is 24.8. The van der Waals surface area contributed by atoms with Crippen molar-refractivity contribution in [3.63, 3.8) is 0 Å². The van der Waals surface area contributed by atoms with Gasteiger partial charge >= 0.3 is 0 Å². The van der Waals surface area contributed by atoms with Crippen LogP contribution in [-0.4, -0.2) is 0 Å². The highest BCUT2D eigenvalue weighted by Crippen LogP contribution is 2.69. The SMILES string of the molecule is CC1(C)c2ccccc2-c2ccc(N(c3ccccc3)c3ccc4c(c3)-c3ccccc3C43c4ccccc4-c4cc(N(c5ccccc5)c5ccc6c(c5)C(C)(C)c5cc(-c7ccc8c(c7)oc7cc(N(c9ccccc9)c9cccc%10c9-c9ccccc9[C@@]%109c%10ccccc%10-c%10c(N(c%11ccccc%11)c%11ccc%12c(c%11)oc%11ccccc%11%12)cccc%109)ccc78)ccc5-6)ccc43)cc21. The Kier molecular flexibility index (Phi) is 16.1. The van der Waals surface area contributed by atoms with Gasteiger partial charge in [0, 0.05) is 113 Å². The minimum absolute atomic E-state index is 0.150. The van der Waals surface area contributed by atoms with Crippen molar-refractivity contribution in [2.45, 2.75) is 49.4 Å². The molecule has 1 unspecified atom stereocenters. The molecule has 0 bridgehead atoms. The van der Waals surface area contributed by atoms with Gasteiger partial charge in [0.1, 0.15) is 22.3 Å². The van der Waals surface area contributed by atoms with Gasteiger partial charge in [-0.1, -0.05) is 307 Å². The first-order chi connectivity index (χ1) is 66.0. The van der Waals surface area contributed by atoms with Crippen LogP contribution in [0.25, 0.3) is 122 Å². The molecule has 0 N–H and O–H groups in total. The minimum atomic E-state index is -0.673. The monoisotopic (exact) mass is 1710 g/mol. The Bertz CT molecular complexity index is 8740. The Morgan fingerprint density at radius 1 is 0.164 bits per heavy atom. The average Bonchev–Trinajstić information content (AvgIpc) is 1.51. The third-order valence-corrected chi connectivity index (χ3v) is 30.6. The fraction of sp³-hybridized carbons (Fsp3) is 0.0625. The second-order valence-electron chi connectivity index (χ2n) is 38.0. The maximum absolute atomic E-state index is 7.21. The van der Waals surface area contributed by atoms with Crippen molar-refractivity contribution in [1.29, 1.82) is 0 Å². The van der Waals surface area contributed by atoms with Gasteiger partial charge in [0.25, 0.3) is 0 Å². The molecule has 2 aromatic heterocycles. The molecule has 134 heavy (non-hydrogen) atoms. The molecule has 2 spiro atoms. The van der Waals surface area contributed by atoms with Crippen molar-refractivity contribution >= 4 is 112 Å². The summed E-state index contributed by atoms with van der Waals surface area (Å²) in [6.07, 6.45) is 0. The molecule has 6 aliphatic carbocycles. The third-order valence-electron chi connectivity index (χ3n) is 30.6. The number of hydrogen-bond acceptors (Lipinski definition) is 6. The molecular formula is C128H86N4O2. The maximum Gasteiger partial charge on any atom is 0.137 e. The number of para-hydroxylation sites is 5. The van der Waals surface area contributed by atoms with Gasteiger partial charge < -0.3 is 28.4 Å². The van der Waals surface area contributed by atoms with Crippen LogP contribution in [0, 0.1) is 0 Å². The Balaban J connectivity index is 0.511. The highest BCUT2D eigenvalue weighted by Gasteiger charge is 2.55. The predicted octanol–water partition coefficient (Wildman–Crippen LogP) is 34.3. The van der Waals surface area contributed by atoms with E-state index in [4.69, 9.17) is 8.83 Å². The summed E-state index contributed by atoms with van der Waals surface area (Å²) in [7, 11) is 0. The summed E-state index contributed by atoms with van der Waals surface area (Å²) >= 11 is 0. The van der Waals surface area contributed by atoms with Gasteiger partial charge in [-0.15, -0.1) is 0 Å². The number of anilines is 12. The molecular weight excluding hydrogens is 1630 g/mol. The van der Waals surface area contributed by atoms with Crippen molar-refractivity contribution in [3.05, 3.63) is 516 Å². The van der Waals surface area contributed by atoms with Crippen LogP contribution < -0.4 is 19.6 Å². The van der Waals surface area contributed by atoms with E-state index >= 15 is 0 Å². The first-order valence-corrected chi connectivity index (χ1v) is 46.7. The lowest BCUT2D eigenvalue weighted by Gasteiger charge is -2.32. The van der Waals surface area contributed by atoms with E-state index in [0.717, 1.165) is 123 Å². The van der Waals surface area contributed by atoms with Crippen molar-refractivity contribution in [3.8, 4) is 77.9 Å². The van der Waals surface area contributed by atoms with E-state index in [1.54, 1.807) is 0 Å². The van der Waals surface area contributed by atoms with Gasteiger partial charge in [-0.3, -0.25) is 0 Å². The molecule has 2 heterocycles. The topological polar surface area (TPSA) is 39.2 Å². The van der Waals surface area contributed by atoms with Crippen LogP contribution >= 0.6 is 0 Å². The summed E-state index contributed by atoms with van der Waals surface area (Å²) in [6, 6.07) is 168. The van der Waals surface area contributed by atoms with Crippen LogP contribution in [0.1, 0.15) is 94.5 Å². The van der Waals surface area contributed by atoms with Crippen LogP contribution in [0.2, 0.25) is 0 Å². The molecule has 0 radical (unpaired) electrons. The summed E-state index contributed by atoms with van der Waals surface area (Å²) in [5.41, 5.74) is 47.4. The normalized spacial score (nSPS) is 15.6. The zero-order valence-corrected chi connectivity index (χ0v) is 74.3. The summed E-state index contributed by atoms with van der Waals surface area (Å²) in [5, 5.41) is 4.35. The Morgan fingerprint density at radius 3 is 0.940 bits per heavy atom. The number of benzene rings is 20. The molecule has 2 atom stereocenters. The summed E-state index contributed by atoms with van der Waals surface area (Å²) in [6.45, 7) is 9.56. The summed E-state index contributed by atoms with van der Waals surface area (Å²) < 4.78 is 13.8. The van der Waals surface area contributed by atoms with Gasteiger partial charge in [0.2, 0.25) is 0 Å². The zero-order chi connectivity index (χ0) is 88.6. The molecule has 0 saturated heterocycles. The predicted molar refractivity (Wildman–Crippen MR) is 553 cm³/mol. The van der Waals surface area contributed by atoms with Gasteiger partial charge in [-0.25, -0.2) is 0 Å². The van der Waals surface area contributed by atoms with Gasteiger partial charge in [0.05, 0.1) is 22.2 Å². The standard InChI is InChI=1S/C128H86N4O2/c1-125(2)105-45-23-17-39-91(105)95-65-57-87(75-115(95)125)129(81-31-9-5-10-32-81)85-61-69-110-103(73-85)92-40-18-24-46-106(92)127(110)107-47-25-19-41-93(107)104-74-86(62-70-111(104)127)130(82-33-11-6-12-34-82)88-58-66-96-94-63-55-79(71-114(94)126(3,4)116(96)76-88)80-56-64-98-100-68-60-90(78-122(100)134-120(98)72-80)132(84-37-15-8-16-38-84)118-53-30-51-113-124(118)102-44-21-27-49-109(102)128(113)108-48-26-20-43-101(108)123-112(128)50-29-52-117(123)131(83-35-13-7-14-36-83)89-59-67-99-97-42-22-28-54-119(97)133-121(99)77-89/h5-78H,1-4H3/t127?,128-/m1/s1. The van der Waals surface area contributed by atoms with Gasteiger partial charge in [0.15, 0.2) is 0 Å². The highest BCUT2D eigenvalue weighted by atomic mass is 16.3. The van der Waals surface area contributed by atoms with Gasteiger partial charge in [-0.2, -0.15) is 0 Å². The lowest BCUT2D eigenvalue weighted by Crippen LogP contribution is -2.26. The van der Waals surface area contributed by atoms with Crippen molar-refractivity contribution in [2.24, 2.45) is 0 Å². The molecule has 0 fully saturated rings. The van der Waals surface area contributed by atoms with Crippen molar-refractivity contribution in [1.82, 2.24) is 0 Å². The van der Waals surface area contributed by atoms with Crippen LogP contribution in [0.4, 0.5) is 68.2 Å². The van der Waals surface area contributed by atoms with Crippen LogP contribution in [-0.2, 0) is 21.7 Å². The first kappa shape index (κ1) is 76.1. The lowest BCUT2D eigenvalue weighted by atomic mass is 9.70. The van der Waals surface area contributed by atoms with Crippen LogP contribution in [0.15, 0.2) is 458 Å². The van der Waals surface area contributed by atoms with Crippen molar-refractivity contribution in [2.75, 3.05) is 19.6 Å². The van der Waals surface area contributed by atoms with E-state index in [0.29, 0.717) is 0 Å². The maximum atomic E-state index is 7.21. The minimum Gasteiger partial charge on any atom is -0.456 e. The van der Waals surface area contributed by atoms with E-state index < -0.39 is 10.8 Å². The van der Waals surface area contributed by atoms with E-state index in [-0.39, 0.29) is 10.8 Å². The smallest absolute Gasteiger partial charge is 0.137 e. The summed E-state index contributed by atoms with van der Waals surface area (Å²) in [4.78, 5) is 9.80. The molecule has 6 nitrogen and oxygen atoms in total. The molecule has 0 saturated carbocycles. The highest BCUT2D eigenvalue weighted by molar-refractivity contribution is 6.11. The molecule has 6 aliphatic rings. The summed E-state index contributed by atoms with van der Waals surface area (Å²) in [5.74, 6) is 0. The average molecular weight is 1710 g/mol. The molecule has 6 heteroatoms. The number of hydrogen-bond donors (Lipinski definition) is 0. The van der Waals surface area contributed by atoms with E-state index in [2.05, 4.69) is 490 Å². The lowest BCUT2D eigenvalue weighted by molar-refractivity contribution is 0.660. The van der Waals surface area contributed by atoms with Crippen LogP contribution in [0.3, 0.4) is 0 Å². The number of rotatable bonds is 13. The molecule has 28 rings (SSSR count). The zero-order valence-electron chi connectivity index (χ0n) is 74.3. The number of furan rings is 2. The quantitative estimate of drug-likeness (QED) is 0.115. The molecule has 22 aromatic rings. The Labute approximate surface area is 778 Å². The first-order valence-electron chi connectivity index (χ1n) is 46.7. The third kappa shape index (κ3) is 10.6. The second-order valence-corrected chi connectivity index (χ2v) is 38.0. The Hall–Kier alpha value is -16.8. The second kappa shape index (κ2) is 28.4. The van der Waals surface area contributed by atoms with E-state index in [1.165, 1.54) is 134 Å². The molecule has 0 amide bonds. The molecule has 630 valence electrons. The van der Waals surface area contributed by atoms with Crippen LogP contribution in [0.5, 0.6) is 0 Å². The Morgan fingerprint density at radius 2 is 0.455 bits per heavy atom. The molecule has 20 aromatic carbocycles. The van der Waals surface area contributed by atoms with Crippen molar-refractivity contribution < 1.29 is 8.83 Å². The number of nitrogens with zero attached hydrogens (tertiary/aromatic N) is 4. The van der Waals surface area contributed by atoms with E-state index in [9.17, 15) is 0 Å². The fourth-order valence-corrected chi connectivity index (χ4v) is 24.8. The largest absolute Gasteiger partial charge is 0.456 e. The molecule has 0 aliphatic heterocycles. The van der Waals surface area contributed by atoms with Gasteiger partial charge in [-0.05, 0) is 291 Å².